The van der Waals surface area contributed by atoms with Crippen LogP contribution in [0.4, 0.5) is 0 Å². The van der Waals surface area contributed by atoms with Crippen molar-refractivity contribution in [2.24, 2.45) is 0 Å². The molecule has 0 atom stereocenters. The first kappa shape index (κ1) is 41.1. The fourth-order valence-electron chi connectivity index (χ4n) is 9.35. The van der Waals surface area contributed by atoms with Gasteiger partial charge in [0.25, 0.3) is 0 Å². The van der Waals surface area contributed by atoms with Crippen LogP contribution in [0.1, 0.15) is 104 Å². The van der Waals surface area contributed by atoms with E-state index in [0.717, 1.165) is 85.6 Å². The van der Waals surface area contributed by atoms with Crippen molar-refractivity contribution in [3.8, 4) is 67.5 Å². The second-order valence-electron chi connectivity index (χ2n) is 20.8. The van der Waals surface area contributed by atoms with E-state index in [0.29, 0.717) is 0 Å². The van der Waals surface area contributed by atoms with Crippen molar-refractivity contribution in [3.63, 3.8) is 0 Å². The highest BCUT2D eigenvalue weighted by molar-refractivity contribution is 5.98. The van der Waals surface area contributed by atoms with Crippen LogP contribution in [0.3, 0.4) is 0 Å². The maximum Gasteiger partial charge on any atom is 0.149 e. The van der Waals surface area contributed by atoms with Gasteiger partial charge in [-0.25, -0.2) is 4.98 Å². The second kappa shape index (κ2) is 15.0. The smallest absolute Gasteiger partial charge is 0.149 e. The fourth-order valence-corrected chi connectivity index (χ4v) is 9.35. The Morgan fingerprint density at radius 1 is 0.516 bits per heavy atom. The molecule has 0 spiro atoms. The van der Waals surface area contributed by atoms with E-state index in [9.17, 15) is 5.11 Å². The number of fused-ring (bicyclic) bond motifs is 2. The number of nitrogens with zero attached hydrogens (tertiary/aromatic N) is 3. The summed E-state index contributed by atoms with van der Waals surface area (Å²) in [6, 6.07) is 50.0. The largest absolute Gasteiger partial charge is 0.507 e. The highest BCUT2D eigenvalue weighted by atomic mass is 16.3. The summed E-state index contributed by atoms with van der Waals surface area (Å²) in [7, 11) is 0. The molecule has 4 nitrogen and oxygen atoms in total. The van der Waals surface area contributed by atoms with E-state index >= 15 is 0 Å². The first-order valence-electron chi connectivity index (χ1n) is 22.2. The number of phenolic OH excluding ortho intramolecular Hbond substituents is 1. The predicted octanol–water partition coefficient (Wildman–Crippen LogP) is 15.4. The van der Waals surface area contributed by atoms with Crippen LogP contribution in [0.5, 0.6) is 5.75 Å². The van der Waals surface area contributed by atoms with E-state index < -0.39 is 0 Å². The second-order valence-corrected chi connectivity index (χ2v) is 20.8. The Bertz CT molecular complexity index is 2970. The maximum absolute atomic E-state index is 12.3. The lowest BCUT2D eigenvalue weighted by Gasteiger charge is -2.42. The minimum atomic E-state index is -0.130. The summed E-state index contributed by atoms with van der Waals surface area (Å²) in [6.45, 7) is 22.9. The number of imidazole rings is 1. The average molecular weight is 814 g/mol. The molecular weight excluding hydrogens is 755 g/mol. The monoisotopic (exact) mass is 813 g/mol. The third kappa shape index (κ3) is 7.44. The first-order valence-corrected chi connectivity index (χ1v) is 22.2. The van der Waals surface area contributed by atoms with E-state index in [1.165, 1.54) is 22.3 Å². The number of rotatable bonds is 6. The zero-order valence-electron chi connectivity index (χ0n) is 38.1. The molecule has 0 aliphatic heterocycles. The number of aromatic nitrogens is 3. The van der Waals surface area contributed by atoms with Gasteiger partial charge in [-0.05, 0) is 134 Å². The Hall–Kier alpha value is -6.26. The van der Waals surface area contributed by atoms with Crippen molar-refractivity contribution in [1.82, 2.24) is 14.5 Å². The summed E-state index contributed by atoms with van der Waals surface area (Å²) in [5, 5.41) is 12.3. The molecule has 0 saturated heterocycles. The van der Waals surface area contributed by atoms with Gasteiger partial charge in [0.05, 0.1) is 28.0 Å². The number of benzene rings is 6. The lowest BCUT2D eigenvalue weighted by atomic mass is 9.63. The van der Waals surface area contributed by atoms with E-state index in [-0.39, 0.29) is 27.4 Å². The van der Waals surface area contributed by atoms with Crippen LogP contribution in [-0.2, 0) is 21.7 Å². The molecule has 62 heavy (non-hydrogen) atoms. The molecule has 0 unspecified atom stereocenters. The van der Waals surface area contributed by atoms with Crippen molar-refractivity contribution in [2.45, 2.75) is 104 Å². The molecule has 1 N–H and O–H groups in total. The molecule has 1 aliphatic carbocycles. The summed E-state index contributed by atoms with van der Waals surface area (Å²) in [6.07, 6.45) is 4.05. The van der Waals surface area contributed by atoms with Crippen LogP contribution in [0.25, 0.3) is 72.7 Å². The van der Waals surface area contributed by atoms with Crippen LogP contribution in [0.15, 0.2) is 146 Å². The molecule has 2 heterocycles. The summed E-state index contributed by atoms with van der Waals surface area (Å²) < 4.78 is 2.30. The molecule has 0 saturated carbocycles. The Morgan fingerprint density at radius 2 is 1.15 bits per heavy atom. The summed E-state index contributed by atoms with van der Waals surface area (Å²) in [4.78, 5) is 10.6. The van der Waals surface area contributed by atoms with Gasteiger partial charge in [-0.15, -0.1) is 0 Å². The molecular formula is C58H59N3O. The SMILES string of the molecule is CC(C)(C)c1cc(-c2cc(-c3ccccc3)ccn2)cc(-c2cccc3c2nc(-c2cc4c(cc2O)C(C)(C)CCC4(C)C)n3-c2ccc(C(C)(C)C)cc2-c2ccccc2)c1. The number of para-hydroxylation sites is 1. The molecule has 0 radical (unpaired) electrons. The van der Waals surface area contributed by atoms with Crippen molar-refractivity contribution in [3.05, 3.63) is 168 Å². The number of pyridine rings is 1. The third-order valence-corrected chi connectivity index (χ3v) is 13.4. The van der Waals surface area contributed by atoms with Crippen molar-refractivity contribution < 1.29 is 5.11 Å². The fraction of sp³-hybridized carbons (Fsp3) is 0.276. The van der Waals surface area contributed by atoms with Crippen LogP contribution in [-0.4, -0.2) is 19.6 Å². The van der Waals surface area contributed by atoms with E-state index in [2.05, 4.69) is 207 Å². The molecule has 0 bridgehead atoms. The molecule has 2 aromatic heterocycles. The van der Waals surface area contributed by atoms with Crippen LogP contribution < -0.4 is 0 Å². The van der Waals surface area contributed by atoms with Crippen molar-refractivity contribution >= 4 is 11.0 Å². The first-order chi connectivity index (χ1) is 29.4. The minimum absolute atomic E-state index is 0.0529. The van der Waals surface area contributed by atoms with E-state index in [4.69, 9.17) is 9.97 Å². The predicted molar refractivity (Wildman–Crippen MR) is 260 cm³/mol. The zero-order valence-corrected chi connectivity index (χ0v) is 38.1. The van der Waals surface area contributed by atoms with Gasteiger partial charge in [0.2, 0.25) is 0 Å². The molecule has 6 aromatic carbocycles. The van der Waals surface area contributed by atoms with Gasteiger partial charge >= 0.3 is 0 Å². The molecule has 8 aromatic rings. The number of aromatic hydroxyl groups is 1. The highest BCUT2D eigenvalue weighted by Gasteiger charge is 2.38. The van der Waals surface area contributed by atoms with Crippen LogP contribution in [0.2, 0.25) is 0 Å². The van der Waals surface area contributed by atoms with E-state index in [1.807, 2.05) is 12.3 Å². The average Bonchev–Trinajstić information content (AvgIpc) is 3.64. The number of hydrogen-bond acceptors (Lipinski definition) is 3. The Labute approximate surface area is 368 Å². The van der Waals surface area contributed by atoms with Crippen LogP contribution >= 0.6 is 0 Å². The van der Waals surface area contributed by atoms with Crippen molar-refractivity contribution in [1.29, 1.82) is 0 Å². The quantitative estimate of drug-likeness (QED) is 0.182. The third-order valence-electron chi connectivity index (χ3n) is 13.4. The summed E-state index contributed by atoms with van der Waals surface area (Å²) >= 11 is 0. The summed E-state index contributed by atoms with van der Waals surface area (Å²) in [5.74, 6) is 0.971. The van der Waals surface area contributed by atoms with Crippen molar-refractivity contribution in [2.75, 3.05) is 0 Å². The lowest BCUT2D eigenvalue weighted by Crippen LogP contribution is -2.33. The Kier molecular flexibility index (Phi) is 9.93. The van der Waals surface area contributed by atoms with Gasteiger partial charge < -0.3 is 5.11 Å². The van der Waals surface area contributed by atoms with E-state index in [1.54, 1.807) is 0 Å². The normalized spacial score (nSPS) is 14.8. The highest BCUT2D eigenvalue weighted by Crippen LogP contribution is 2.50. The van der Waals surface area contributed by atoms with Gasteiger partial charge in [0.1, 0.15) is 11.6 Å². The summed E-state index contributed by atoms with van der Waals surface area (Å²) in [5.41, 5.74) is 16.9. The van der Waals surface area contributed by atoms with Gasteiger partial charge in [0, 0.05) is 22.9 Å². The van der Waals surface area contributed by atoms with Gasteiger partial charge in [-0.2, -0.15) is 0 Å². The Morgan fingerprint density at radius 3 is 1.81 bits per heavy atom. The minimum Gasteiger partial charge on any atom is -0.507 e. The zero-order chi connectivity index (χ0) is 43.8. The molecule has 0 fully saturated rings. The van der Waals surface area contributed by atoms with Gasteiger partial charge in [-0.3, -0.25) is 9.55 Å². The van der Waals surface area contributed by atoms with Gasteiger partial charge in [-0.1, -0.05) is 154 Å². The molecule has 4 heteroatoms. The number of phenols is 1. The maximum atomic E-state index is 12.3. The topological polar surface area (TPSA) is 50.9 Å². The van der Waals surface area contributed by atoms with Crippen LogP contribution in [0, 0.1) is 0 Å². The Balaban J connectivity index is 1.34. The molecule has 1 aliphatic rings. The molecule has 312 valence electrons. The number of hydrogen-bond donors (Lipinski definition) is 1. The molecule has 0 amide bonds. The standard InChI is InChI=1S/C58H59N3O/c1-55(2,3)42-24-25-50(45(34-42)38-20-15-12-16-21-38)61-51-23-17-22-44(53(51)60-54(61)46-35-47-48(36-52(46)62)58(9,10)28-27-57(47,7)8)40-30-41(32-43(31-40)56(4,5)6)49-33-39(26-29-59-49)37-18-13-11-14-19-37/h11-26,29-36,62H,27-28H2,1-10H3. The lowest BCUT2D eigenvalue weighted by molar-refractivity contribution is 0.330. The molecule has 9 rings (SSSR count). The van der Waals surface area contributed by atoms with Gasteiger partial charge in [0.15, 0.2) is 0 Å².